The van der Waals surface area contributed by atoms with Crippen LogP contribution < -0.4 is 10.6 Å². The van der Waals surface area contributed by atoms with Gasteiger partial charge in [0.1, 0.15) is 0 Å². The number of nitrogens with one attached hydrogen (secondary N) is 2. The number of aliphatic imine (C=N–C) groups is 1. The molecule has 3 rings (SSSR count). The van der Waals surface area contributed by atoms with Gasteiger partial charge in [0.25, 0.3) is 0 Å². The molecule has 1 aliphatic heterocycles. The minimum absolute atomic E-state index is 0. The van der Waals surface area contributed by atoms with E-state index in [1.807, 2.05) is 6.92 Å². The second-order valence-electron chi connectivity index (χ2n) is 7.80. The molecule has 1 aromatic carbocycles. The van der Waals surface area contributed by atoms with Crippen LogP contribution in [0.1, 0.15) is 41.8 Å². The molecule has 31 heavy (non-hydrogen) atoms. The highest BCUT2D eigenvalue weighted by Gasteiger charge is 2.14. The molecule has 1 fully saturated rings. The minimum Gasteiger partial charge on any atom is -0.381 e. The van der Waals surface area contributed by atoms with E-state index >= 15 is 0 Å². The maximum atomic E-state index is 6.04. The van der Waals surface area contributed by atoms with Crippen molar-refractivity contribution in [1.29, 1.82) is 0 Å². The van der Waals surface area contributed by atoms with E-state index in [-0.39, 0.29) is 24.0 Å². The highest BCUT2D eigenvalue weighted by atomic mass is 127. The second-order valence-corrected chi connectivity index (χ2v) is 7.80. The van der Waals surface area contributed by atoms with Gasteiger partial charge in [-0.25, -0.2) is 0 Å². The molecule has 7 nitrogen and oxygen atoms in total. The van der Waals surface area contributed by atoms with Crippen molar-refractivity contribution in [3.63, 3.8) is 0 Å². The van der Waals surface area contributed by atoms with E-state index < -0.39 is 0 Å². The lowest BCUT2D eigenvalue weighted by Gasteiger charge is -2.22. The number of halogens is 1. The molecule has 8 heteroatoms. The lowest BCUT2D eigenvalue weighted by atomic mass is 10.1. The summed E-state index contributed by atoms with van der Waals surface area (Å²) in [5.74, 6) is 0.812. The molecule has 0 amide bonds. The largest absolute Gasteiger partial charge is 0.381 e. The average Bonchev–Trinajstić information content (AvgIpc) is 3.09. The second kappa shape index (κ2) is 13.7. The number of hydrogen-bond acceptors (Lipinski definition) is 4. The normalized spacial score (nSPS) is 14.9. The molecule has 1 aromatic heterocycles. The Morgan fingerprint density at radius 2 is 1.97 bits per heavy atom. The molecule has 0 radical (unpaired) electrons. The smallest absolute Gasteiger partial charge is 0.191 e. The van der Waals surface area contributed by atoms with Gasteiger partial charge in [-0.05, 0) is 50.3 Å². The van der Waals surface area contributed by atoms with Crippen LogP contribution in [0, 0.1) is 13.8 Å². The van der Waals surface area contributed by atoms with E-state index in [9.17, 15) is 0 Å². The first-order valence-corrected chi connectivity index (χ1v) is 10.9. The van der Waals surface area contributed by atoms with Crippen LogP contribution in [0.2, 0.25) is 0 Å². The number of nitrogens with zero attached hydrogens (tertiary/aromatic N) is 3. The fraction of sp³-hybridized carbons (Fsp3) is 0.565. The molecule has 2 heterocycles. The monoisotopic (exact) mass is 541 g/mol. The molecule has 1 saturated heterocycles. The number of aromatic nitrogens is 2. The number of ether oxygens (including phenoxy) is 2. The maximum absolute atomic E-state index is 6.04. The Labute approximate surface area is 203 Å². The highest BCUT2D eigenvalue weighted by Crippen LogP contribution is 2.14. The van der Waals surface area contributed by atoms with E-state index in [0.29, 0.717) is 12.7 Å². The molecular formula is C23H36IN5O2. The molecule has 2 N–H and O–H groups in total. The Bertz CT molecular complexity index is 818. The summed E-state index contributed by atoms with van der Waals surface area (Å²) in [4.78, 5) is 4.32. The van der Waals surface area contributed by atoms with Gasteiger partial charge in [0.05, 0.1) is 18.4 Å². The van der Waals surface area contributed by atoms with Crippen molar-refractivity contribution in [2.45, 2.75) is 58.9 Å². The van der Waals surface area contributed by atoms with E-state index in [1.54, 1.807) is 7.05 Å². The molecule has 1 aliphatic rings. The third-order valence-electron chi connectivity index (χ3n) is 5.27. The zero-order valence-electron chi connectivity index (χ0n) is 18.9. The maximum Gasteiger partial charge on any atom is 0.191 e. The summed E-state index contributed by atoms with van der Waals surface area (Å²) < 4.78 is 13.5. The molecule has 0 unspecified atom stereocenters. The van der Waals surface area contributed by atoms with Crippen molar-refractivity contribution in [1.82, 2.24) is 20.4 Å². The molecule has 2 aromatic rings. The Hall–Kier alpha value is -1.65. The van der Waals surface area contributed by atoms with Crippen LogP contribution in [-0.2, 0) is 29.2 Å². The third-order valence-corrected chi connectivity index (χ3v) is 5.27. The Morgan fingerprint density at radius 3 is 2.68 bits per heavy atom. The van der Waals surface area contributed by atoms with Crippen molar-refractivity contribution >= 4 is 29.9 Å². The predicted molar refractivity (Wildman–Crippen MR) is 135 cm³/mol. The summed E-state index contributed by atoms with van der Waals surface area (Å²) in [5.41, 5.74) is 4.69. The number of benzene rings is 1. The number of rotatable bonds is 9. The highest BCUT2D eigenvalue weighted by molar-refractivity contribution is 14.0. The van der Waals surface area contributed by atoms with Gasteiger partial charge in [0, 0.05) is 45.6 Å². The van der Waals surface area contributed by atoms with Gasteiger partial charge in [-0.1, -0.05) is 24.3 Å². The predicted octanol–water partition coefficient (Wildman–Crippen LogP) is 3.57. The molecule has 0 saturated carbocycles. The van der Waals surface area contributed by atoms with Crippen LogP contribution in [0.25, 0.3) is 0 Å². The zero-order valence-corrected chi connectivity index (χ0v) is 21.2. The molecule has 0 aliphatic carbocycles. The molecule has 0 bridgehead atoms. The molecular weight excluding hydrogens is 505 g/mol. The van der Waals surface area contributed by atoms with Crippen LogP contribution in [0.5, 0.6) is 0 Å². The van der Waals surface area contributed by atoms with Crippen LogP contribution in [0.4, 0.5) is 0 Å². The van der Waals surface area contributed by atoms with Gasteiger partial charge in [0.15, 0.2) is 5.96 Å². The van der Waals surface area contributed by atoms with E-state index in [2.05, 4.69) is 62.7 Å². The summed E-state index contributed by atoms with van der Waals surface area (Å²) >= 11 is 0. The summed E-state index contributed by atoms with van der Waals surface area (Å²) in [6.07, 6.45) is 3.28. The van der Waals surface area contributed by atoms with Crippen LogP contribution in [0.3, 0.4) is 0 Å². The van der Waals surface area contributed by atoms with E-state index in [0.717, 1.165) is 63.8 Å². The lowest BCUT2D eigenvalue weighted by molar-refractivity contribution is -0.0390. The van der Waals surface area contributed by atoms with Crippen molar-refractivity contribution in [3.05, 3.63) is 52.8 Å². The van der Waals surface area contributed by atoms with Crippen molar-refractivity contribution in [3.8, 4) is 0 Å². The fourth-order valence-corrected chi connectivity index (χ4v) is 3.63. The van der Waals surface area contributed by atoms with Crippen LogP contribution in [0.15, 0.2) is 35.3 Å². The number of guanidine groups is 1. The van der Waals surface area contributed by atoms with Gasteiger partial charge < -0.3 is 20.1 Å². The first kappa shape index (κ1) is 25.6. The van der Waals surface area contributed by atoms with E-state index in [1.165, 1.54) is 16.8 Å². The molecule has 0 atom stereocenters. The van der Waals surface area contributed by atoms with Crippen LogP contribution in [-0.4, -0.2) is 48.7 Å². The fourth-order valence-electron chi connectivity index (χ4n) is 3.63. The average molecular weight is 541 g/mol. The van der Waals surface area contributed by atoms with Crippen molar-refractivity contribution in [2.24, 2.45) is 4.99 Å². The first-order valence-electron chi connectivity index (χ1n) is 10.9. The SMILES string of the molecule is CN=C(NCCCn1nc(C)cc1C)NCc1cccc(COC2CCOCC2)c1.I. The minimum atomic E-state index is 0. The summed E-state index contributed by atoms with van der Waals surface area (Å²) in [6, 6.07) is 10.6. The Kier molecular flexibility index (Phi) is 11.3. The number of aryl methyl sites for hydroxylation is 3. The summed E-state index contributed by atoms with van der Waals surface area (Å²) in [7, 11) is 1.80. The molecule has 172 valence electrons. The first-order chi connectivity index (χ1) is 14.6. The van der Waals surface area contributed by atoms with Crippen LogP contribution >= 0.6 is 24.0 Å². The van der Waals surface area contributed by atoms with Gasteiger partial charge in [-0.15, -0.1) is 24.0 Å². The summed E-state index contributed by atoms with van der Waals surface area (Å²) in [6.45, 7) is 8.86. The standard InChI is InChI=1S/C23H35N5O2.HI/c1-18-14-19(2)28(27-18)11-5-10-25-23(24-3)26-16-20-6-4-7-21(15-20)17-30-22-8-12-29-13-9-22;/h4,6-7,14-15,22H,5,8-13,16-17H2,1-3H3,(H2,24,25,26);1H. The zero-order chi connectivity index (χ0) is 21.2. The van der Waals surface area contributed by atoms with Gasteiger partial charge >= 0.3 is 0 Å². The Morgan fingerprint density at radius 1 is 1.19 bits per heavy atom. The third kappa shape index (κ3) is 8.78. The quantitative estimate of drug-likeness (QED) is 0.220. The van der Waals surface area contributed by atoms with Gasteiger partial charge in [0.2, 0.25) is 0 Å². The van der Waals surface area contributed by atoms with E-state index in [4.69, 9.17) is 9.47 Å². The van der Waals surface area contributed by atoms with Gasteiger partial charge in [-0.2, -0.15) is 5.10 Å². The topological polar surface area (TPSA) is 72.7 Å². The van der Waals surface area contributed by atoms with Crippen molar-refractivity contribution in [2.75, 3.05) is 26.8 Å². The summed E-state index contributed by atoms with van der Waals surface area (Å²) in [5, 5.41) is 11.3. The Balaban J connectivity index is 0.00000341. The molecule has 0 spiro atoms. The lowest BCUT2D eigenvalue weighted by Crippen LogP contribution is -2.37. The van der Waals surface area contributed by atoms with Crippen molar-refractivity contribution < 1.29 is 9.47 Å². The number of hydrogen-bond donors (Lipinski definition) is 2. The van der Waals surface area contributed by atoms with Gasteiger partial charge in [-0.3, -0.25) is 9.67 Å².